The number of carboxylic acids is 1. The van der Waals surface area contributed by atoms with E-state index in [1.807, 2.05) is 6.07 Å². The van der Waals surface area contributed by atoms with Crippen molar-refractivity contribution in [1.29, 1.82) is 0 Å². The number of fused-ring (bicyclic) bond motifs is 1. The molecule has 4 bridgehead atoms. The maximum atomic E-state index is 11.3. The van der Waals surface area contributed by atoms with Crippen molar-refractivity contribution in [3.05, 3.63) is 71.3 Å². The van der Waals surface area contributed by atoms with E-state index in [9.17, 15) is 9.90 Å². The van der Waals surface area contributed by atoms with Crippen LogP contribution in [0.1, 0.15) is 66.9 Å². The molecule has 4 saturated carbocycles. The van der Waals surface area contributed by atoms with Gasteiger partial charge in [0.2, 0.25) is 0 Å². The fourth-order valence-corrected chi connectivity index (χ4v) is 7.56. The Morgan fingerprint density at radius 1 is 0.839 bits per heavy atom. The van der Waals surface area contributed by atoms with Crippen molar-refractivity contribution in [2.45, 2.75) is 57.3 Å². The van der Waals surface area contributed by atoms with Crippen LogP contribution < -0.4 is 0 Å². The molecule has 4 aliphatic carbocycles. The molecule has 31 heavy (non-hydrogen) atoms. The van der Waals surface area contributed by atoms with Gasteiger partial charge in [-0.25, -0.2) is 4.79 Å². The first-order valence-corrected chi connectivity index (χ1v) is 11.9. The molecule has 0 aromatic heterocycles. The summed E-state index contributed by atoms with van der Waals surface area (Å²) in [4.78, 5) is 11.3. The molecule has 0 saturated heterocycles. The highest BCUT2D eigenvalue weighted by molar-refractivity contribution is 5.95. The van der Waals surface area contributed by atoms with E-state index in [2.05, 4.69) is 43.3 Å². The smallest absolute Gasteiger partial charge is 0.335 e. The Balaban J connectivity index is 1.43. The van der Waals surface area contributed by atoms with Crippen LogP contribution in [0.2, 0.25) is 0 Å². The fraction of sp³-hybridized carbons (Fsp3) is 0.414. The number of hydrogen-bond acceptors (Lipinski definition) is 1. The van der Waals surface area contributed by atoms with Gasteiger partial charge in [0.15, 0.2) is 0 Å². The van der Waals surface area contributed by atoms with Crippen LogP contribution >= 0.6 is 0 Å². The third-order valence-corrected chi connectivity index (χ3v) is 8.52. The highest BCUT2D eigenvalue weighted by Crippen LogP contribution is 2.61. The lowest BCUT2D eigenvalue weighted by Crippen LogP contribution is -2.48. The maximum Gasteiger partial charge on any atom is 0.335 e. The lowest BCUT2D eigenvalue weighted by molar-refractivity contribution is -0.00554. The number of aryl methyl sites for hydroxylation is 1. The van der Waals surface area contributed by atoms with E-state index in [-0.39, 0.29) is 0 Å². The molecule has 3 aromatic carbocycles. The average molecular weight is 411 g/mol. The van der Waals surface area contributed by atoms with Crippen molar-refractivity contribution in [2.75, 3.05) is 0 Å². The van der Waals surface area contributed by atoms with E-state index in [0.717, 1.165) is 34.9 Å². The Bertz CT molecular complexity index is 1150. The van der Waals surface area contributed by atoms with Crippen LogP contribution in [0.5, 0.6) is 0 Å². The molecule has 2 heteroatoms. The van der Waals surface area contributed by atoms with E-state index in [0.29, 0.717) is 11.0 Å². The molecule has 0 unspecified atom stereocenters. The minimum absolute atomic E-state index is 0.344. The summed E-state index contributed by atoms with van der Waals surface area (Å²) in [5.41, 5.74) is 6.45. The van der Waals surface area contributed by atoms with Crippen molar-refractivity contribution in [1.82, 2.24) is 0 Å². The molecular weight excluding hydrogens is 380 g/mol. The van der Waals surface area contributed by atoms with Gasteiger partial charge in [0.05, 0.1) is 5.56 Å². The van der Waals surface area contributed by atoms with E-state index in [1.54, 1.807) is 17.7 Å². The second-order valence-corrected chi connectivity index (χ2v) is 10.5. The molecular formula is C29H30O2. The molecule has 0 amide bonds. The van der Waals surface area contributed by atoms with E-state index in [1.165, 1.54) is 55.2 Å². The number of aromatic carboxylic acids is 1. The standard InChI is InChI=1S/C29H30O2/c1-2-21-3-4-25(23-5-6-24-13-26(28(30)31)8-7-22(24)12-23)14-27(21)29-15-18-9-19(16-29)11-20(10-18)17-29/h3-8,12-14,18-20H,2,9-11,15-17H2,1H3,(H,30,31). The summed E-state index contributed by atoms with van der Waals surface area (Å²) in [5.74, 6) is 1.97. The lowest BCUT2D eigenvalue weighted by atomic mass is 9.47. The second-order valence-electron chi connectivity index (χ2n) is 10.5. The van der Waals surface area contributed by atoms with Crippen LogP contribution in [-0.2, 0) is 11.8 Å². The fourth-order valence-electron chi connectivity index (χ4n) is 7.56. The average Bonchev–Trinajstić information content (AvgIpc) is 2.77. The highest BCUT2D eigenvalue weighted by atomic mass is 16.4. The monoisotopic (exact) mass is 410 g/mol. The van der Waals surface area contributed by atoms with Gasteiger partial charge in [-0.2, -0.15) is 0 Å². The van der Waals surface area contributed by atoms with Crippen LogP contribution in [0.25, 0.3) is 21.9 Å². The predicted molar refractivity (Wildman–Crippen MR) is 126 cm³/mol. The normalized spacial score (nSPS) is 28.9. The zero-order valence-electron chi connectivity index (χ0n) is 18.2. The molecule has 158 valence electrons. The summed E-state index contributed by atoms with van der Waals surface area (Å²) in [5, 5.41) is 11.4. The van der Waals surface area contributed by atoms with Gasteiger partial charge in [-0.05, 0) is 119 Å². The second kappa shape index (κ2) is 6.95. The zero-order valence-corrected chi connectivity index (χ0v) is 18.2. The molecule has 4 aliphatic rings. The van der Waals surface area contributed by atoms with Crippen molar-refractivity contribution < 1.29 is 9.90 Å². The minimum Gasteiger partial charge on any atom is -0.478 e. The van der Waals surface area contributed by atoms with Gasteiger partial charge >= 0.3 is 5.97 Å². The number of hydrogen-bond donors (Lipinski definition) is 1. The lowest BCUT2D eigenvalue weighted by Gasteiger charge is -2.57. The number of benzene rings is 3. The Morgan fingerprint density at radius 2 is 1.42 bits per heavy atom. The van der Waals surface area contributed by atoms with Crippen LogP contribution in [-0.4, -0.2) is 11.1 Å². The summed E-state index contributed by atoms with van der Waals surface area (Å²) in [6.07, 6.45) is 9.71. The first-order chi connectivity index (χ1) is 15.0. The van der Waals surface area contributed by atoms with Crippen LogP contribution in [0.15, 0.2) is 54.6 Å². The van der Waals surface area contributed by atoms with Crippen molar-refractivity contribution in [2.24, 2.45) is 17.8 Å². The first-order valence-electron chi connectivity index (χ1n) is 11.9. The Labute approximate surface area is 184 Å². The summed E-state index contributed by atoms with van der Waals surface area (Å²) in [6, 6.07) is 19.0. The Hall–Kier alpha value is -2.61. The molecule has 0 atom stereocenters. The summed E-state index contributed by atoms with van der Waals surface area (Å²) >= 11 is 0. The summed E-state index contributed by atoms with van der Waals surface area (Å²) in [7, 11) is 0. The quantitative estimate of drug-likeness (QED) is 0.492. The number of carbonyl (C=O) groups is 1. The van der Waals surface area contributed by atoms with Gasteiger partial charge in [0.1, 0.15) is 0 Å². The van der Waals surface area contributed by atoms with Crippen molar-refractivity contribution in [3.63, 3.8) is 0 Å². The van der Waals surface area contributed by atoms with Gasteiger partial charge in [0.25, 0.3) is 0 Å². The molecule has 2 nitrogen and oxygen atoms in total. The van der Waals surface area contributed by atoms with E-state index < -0.39 is 5.97 Å². The molecule has 0 aliphatic heterocycles. The van der Waals surface area contributed by atoms with Crippen LogP contribution in [0.3, 0.4) is 0 Å². The SMILES string of the molecule is CCc1ccc(-c2ccc3cc(C(=O)O)ccc3c2)cc1C12CC3CC(CC(C3)C1)C2. The van der Waals surface area contributed by atoms with E-state index in [4.69, 9.17) is 0 Å². The molecule has 3 aromatic rings. The third-order valence-electron chi connectivity index (χ3n) is 8.52. The van der Waals surface area contributed by atoms with Gasteiger partial charge in [-0.1, -0.05) is 43.3 Å². The number of carboxylic acid groups (broad SMARTS) is 1. The topological polar surface area (TPSA) is 37.3 Å². The molecule has 7 rings (SSSR count). The van der Waals surface area contributed by atoms with Gasteiger partial charge < -0.3 is 5.11 Å². The first kappa shape index (κ1) is 19.1. The Kier molecular flexibility index (Phi) is 4.28. The van der Waals surface area contributed by atoms with E-state index >= 15 is 0 Å². The Morgan fingerprint density at radius 3 is 2.06 bits per heavy atom. The maximum absolute atomic E-state index is 11.3. The van der Waals surface area contributed by atoms with Crippen LogP contribution in [0, 0.1) is 17.8 Å². The number of rotatable bonds is 4. The molecule has 1 N–H and O–H groups in total. The largest absolute Gasteiger partial charge is 0.478 e. The minimum atomic E-state index is -0.874. The molecule has 0 heterocycles. The summed E-state index contributed by atoms with van der Waals surface area (Å²) < 4.78 is 0. The molecule has 4 fully saturated rings. The zero-order chi connectivity index (χ0) is 21.2. The molecule has 0 spiro atoms. The van der Waals surface area contributed by atoms with Gasteiger partial charge in [0, 0.05) is 0 Å². The molecule has 0 radical (unpaired) electrons. The third kappa shape index (κ3) is 3.11. The van der Waals surface area contributed by atoms with Crippen molar-refractivity contribution in [3.8, 4) is 11.1 Å². The highest BCUT2D eigenvalue weighted by Gasteiger charge is 2.52. The summed E-state index contributed by atoms with van der Waals surface area (Å²) in [6.45, 7) is 2.30. The predicted octanol–water partition coefficient (Wildman–Crippen LogP) is 7.24. The van der Waals surface area contributed by atoms with Crippen molar-refractivity contribution >= 4 is 16.7 Å². The van der Waals surface area contributed by atoms with Crippen LogP contribution in [0.4, 0.5) is 0 Å². The van der Waals surface area contributed by atoms with Gasteiger partial charge in [-0.15, -0.1) is 0 Å². The van der Waals surface area contributed by atoms with Gasteiger partial charge in [-0.3, -0.25) is 0 Å².